The third-order valence-corrected chi connectivity index (χ3v) is 4.36. The van der Waals surface area contributed by atoms with E-state index in [0.29, 0.717) is 28.7 Å². The number of hydrogen-bond acceptors (Lipinski definition) is 8. The first-order valence-electron chi connectivity index (χ1n) is 9.05. The molecule has 4 aromatic rings. The lowest BCUT2D eigenvalue weighted by atomic mass is 10.1. The summed E-state index contributed by atoms with van der Waals surface area (Å²) in [5.74, 6) is 1.56. The zero-order valence-electron chi connectivity index (χ0n) is 16.3. The zero-order valence-corrected chi connectivity index (χ0v) is 16.3. The highest BCUT2D eigenvalue weighted by molar-refractivity contribution is 5.88. The van der Waals surface area contributed by atoms with Gasteiger partial charge in [-0.05, 0) is 18.2 Å². The van der Waals surface area contributed by atoms with Gasteiger partial charge in [0.15, 0.2) is 28.7 Å². The molecule has 2 aromatic heterocycles. The molecular formula is C22H18N2O6. The summed E-state index contributed by atoms with van der Waals surface area (Å²) in [5, 5.41) is 7.71. The van der Waals surface area contributed by atoms with Gasteiger partial charge in [0.2, 0.25) is 0 Å². The van der Waals surface area contributed by atoms with Crippen molar-refractivity contribution >= 4 is 5.97 Å². The number of carbonyl (C=O) groups is 1. The fourth-order valence-electron chi connectivity index (χ4n) is 2.83. The van der Waals surface area contributed by atoms with Crippen molar-refractivity contribution in [2.45, 2.75) is 6.61 Å². The monoisotopic (exact) mass is 406 g/mol. The summed E-state index contributed by atoms with van der Waals surface area (Å²) in [5.41, 5.74) is 2.11. The first kappa shape index (κ1) is 19.3. The van der Waals surface area contributed by atoms with E-state index >= 15 is 0 Å². The van der Waals surface area contributed by atoms with Crippen molar-refractivity contribution in [1.82, 2.24) is 10.3 Å². The number of esters is 1. The molecule has 30 heavy (non-hydrogen) atoms. The van der Waals surface area contributed by atoms with Crippen LogP contribution in [0.5, 0.6) is 11.5 Å². The minimum atomic E-state index is -0.614. The van der Waals surface area contributed by atoms with E-state index in [9.17, 15) is 4.79 Å². The number of aromatic nitrogens is 2. The number of ether oxygens (including phenoxy) is 3. The van der Waals surface area contributed by atoms with E-state index < -0.39 is 5.97 Å². The molecule has 2 aromatic carbocycles. The molecule has 0 spiro atoms. The molecule has 0 saturated carbocycles. The van der Waals surface area contributed by atoms with Gasteiger partial charge in [0.05, 0.1) is 14.2 Å². The lowest BCUT2D eigenvalue weighted by Crippen LogP contribution is -2.05. The second kappa shape index (κ2) is 8.52. The Balaban J connectivity index is 1.41. The van der Waals surface area contributed by atoms with Crippen molar-refractivity contribution in [2.75, 3.05) is 14.2 Å². The van der Waals surface area contributed by atoms with Crippen LogP contribution in [0.15, 0.2) is 69.7 Å². The standard InChI is InChI=1S/C22H18N2O6/c1-26-18-9-8-15(10-21(18)27-2)19-11-16(23-29-19)13-28-22(25)17-12-20(30-24-17)14-6-4-3-5-7-14/h3-12H,13H2,1-2H3. The fourth-order valence-corrected chi connectivity index (χ4v) is 2.83. The predicted molar refractivity (Wildman–Crippen MR) is 106 cm³/mol. The highest BCUT2D eigenvalue weighted by atomic mass is 16.5. The van der Waals surface area contributed by atoms with Gasteiger partial charge in [0.1, 0.15) is 12.3 Å². The van der Waals surface area contributed by atoms with Crippen LogP contribution in [0.1, 0.15) is 16.2 Å². The molecular weight excluding hydrogens is 388 g/mol. The number of rotatable bonds is 7. The van der Waals surface area contributed by atoms with Crippen molar-refractivity contribution in [1.29, 1.82) is 0 Å². The number of hydrogen-bond donors (Lipinski definition) is 0. The van der Waals surface area contributed by atoms with Crippen LogP contribution in [0.25, 0.3) is 22.6 Å². The van der Waals surface area contributed by atoms with Gasteiger partial charge in [-0.15, -0.1) is 0 Å². The third-order valence-electron chi connectivity index (χ3n) is 4.36. The van der Waals surface area contributed by atoms with Crippen LogP contribution >= 0.6 is 0 Å². The van der Waals surface area contributed by atoms with Crippen molar-refractivity contribution in [3.05, 3.63) is 72.1 Å². The molecule has 8 nitrogen and oxygen atoms in total. The third kappa shape index (κ3) is 4.02. The maximum atomic E-state index is 12.3. The highest BCUT2D eigenvalue weighted by Crippen LogP contribution is 2.32. The van der Waals surface area contributed by atoms with Crippen LogP contribution in [0, 0.1) is 0 Å². The normalized spacial score (nSPS) is 10.6. The van der Waals surface area contributed by atoms with Crippen LogP contribution in [-0.4, -0.2) is 30.5 Å². The first-order valence-corrected chi connectivity index (χ1v) is 9.05. The summed E-state index contributed by atoms with van der Waals surface area (Å²) in [7, 11) is 3.12. The van der Waals surface area contributed by atoms with Crippen LogP contribution in [-0.2, 0) is 11.3 Å². The molecule has 0 amide bonds. The Morgan fingerprint density at radius 1 is 0.833 bits per heavy atom. The molecule has 0 fully saturated rings. The molecule has 4 rings (SSSR count). The number of benzene rings is 2. The molecule has 0 aliphatic rings. The SMILES string of the molecule is COc1ccc(-c2cc(COC(=O)c3cc(-c4ccccc4)on3)no2)cc1OC. The first-order chi connectivity index (χ1) is 14.7. The van der Waals surface area contributed by atoms with E-state index in [0.717, 1.165) is 11.1 Å². The number of nitrogens with zero attached hydrogens (tertiary/aromatic N) is 2. The summed E-state index contributed by atoms with van der Waals surface area (Å²) in [6.45, 7) is -0.0663. The molecule has 0 atom stereocenters. The van der Waals surface area contributed by atoms with Crippen molar-refractivity contribution in [3.63, 3.8) is 0 Å². The second-order valence-corrected chi connectivity index (χ2v) is 6.27. The van der Waals surface area contributed by atoms with E-state index in [2.05, 4.69) is 10.3 Å². The molecule has 8 heteroatoms. The topological polar surface area (TPSA) is 96.8 Å². The Hall–Kier alpha value is -4.07. The maximum absolute atomic E-state index is 12.3. The fraction of sp³-hybridized carbons (Fsp3) is 0.136. The zero-order chi connectivity index (χ0) is 20.9. The molecule has 0 saturated heterocycles. The van der Waals surface area contributed by atoms with Gasteiger partial charge >= 0.3 is 5.97 Å². The number of methoxy groups -OCH3 is 2. The minimum Gasteiger partial charge on any atom is -0.493 e. The largest absolute Gasteiger partial charge is 0.493 e. The number of carbonyl (C=O) groups excluding carboxylic acids is 1. The molecule has 0 unspecified atom stereocenters. The van der Waals surface area contributed by atoms with Gasteiger partial charge in [-0.2, -0.15) is 0 Å². The molecule has 0 N–H and O–H groups in total. The van der Waals surface area contributed by atoms with Crippen molar-refractivity contribution in [3.8, 4) is 34.1 Å². The summed E-state index contributed by atoms with van der Waals surface area (Å²) in [6.07, 6.45) is 0. The quantitative estimate of drug-likeness (QED) is 0.417. The smallest absolute Gasteiger partial charge is 0.360 e. The average Bonchev–Trinajstić information content (AvgIpc) is 3.48. The van der Waals surface area contributed by atoms with Gasteiger partial charge in [-0.25, -0.2) is 4.79 Å². The highest BCUT2D eigenvalue weighted by Gasteiger charge is 2.17. The van der Waals surface area contributed by atoms with Gasteiger partial charge in [0, 0.05) is 23.3 Å². The lowest BCUT2D eigenvalue weighted by molar-refractivity contribution is 0.0452. The molecule has 0 aliphatic heterocycles. The van der Waals surface area contributed by atoms with Gasteiger partial charge in [-0.1, -0.05) is 40.6 Å². The molecule has 152 valence electrons. The van der Waals surface area contributed by atoms with Gasteiger partial charge < -0.3 is 23.3 Å². The van der Waals surface area contributed by atoms with E-state index in [1.54, 1.807) is 32.4 Å². The second-order valence-electron chi connectivity index (χ2n) is 6.27. The average molecular weight is 406 g/mol. The molecule has 0 aliphatic carbocycles. The van der Waals surface area contributed by atoms with E-state index in [4.69, 9.17) is 23.3 Å². The summed E-state index contributed by atoms with van der Waals surface area (Å²) in [6, 6.07) is 17.9. The van der Waals surface area contributed by atoms with Gasteiger partial charge in [-0.3, -0.25) is 0 Å². The van der Waals surface area contributed by atoms with Crippen molar-refractivity contribution in [2.24, 2.45) is 0 Å². The van der Waals surface area contributed by atoms with Gasteiger partial charge in [0.25, 0.3) is 0 Å². The van der Waals surface area contributed by atoms with Crippen LogP contribution in [0.4, 0.5) is 0 Å². The Kier molecular flexibility index (Phi) is 5.47. The molecule has 0 radical (unpaired) electrons. The van der Waals surface area contributed by atoms with Crippen molar-refractivity contribution < 1.29 is 28.1 Å². The Morgan fingerprint density at radius 3 is 2.33 bits per heavy atom. The van der Waals surface area contributed by atoms with Crippen LogP contribution in [0.3, 0.4) is 0 Å². The molecule has 2 heterocycles. The van der Waals surface area contributed by atoms with Crippen LogP contribution < -0.4 is 9.47 Å². The van der Waals surface area contributed by atoms with E-state index in [-0.39, 0.29) is 12.3 Å². The maximum Gasteiger partial charge on any atom is 0.360 e. The summed E-state index contributed by atoms with van der Waals surface area (Å²) in [4.78, 5) is 12.3. The lowest BCUT2D eigenvalue weighted by Gasteiger charge is -2.07. The Bertz CT molecular complexity index is 1150. The summed E-state index contributed by atoms with van der Waals surface area (Å²) < 4.78 is 26.4. The Labute approximate surface area is 171 Å². The molecule has 0 bridgehead atoms. The Morgan fingerprint density at radius 2 is 1.57 bits per heavy atom. The summed E-state index contributed by atoms with van der Waals surface area (Å²) >= 11 is 0. The predicted octanol–water partition coefficient (Wildman–Crippen LogP) is 4.37. The minimum absolute atomic E-state index is 0.0663. The van der Waals surface area contributed by atoms with Crippen LogP contribution in [0.2, 0.25) is 0 Å². The van der Waals surface area contributed by atoms with E-state index in [1.807, 2.05) is 36.4 Å². The van der Waals surface area contributed by atoms with E-state index in [1.165, 1.54) is 6.07 Å².